The van der Waals surface area contributed by atoms with Crippen LogP contribution in [0.15, 0.2) is 35.6 Å². The number of aromatic nitrogens is 2. The minimum atomic E-state index is 0.789. The summed E-state index contributed by atoms with van der Waals surface area (Å²) in [5, 5.41) is 1.89. The maximum absolute atomic E-state index is 6.21. The quantitative estimate of drug-likeness (QED) is 0.756. The highest BCUT2D eigenvalue weighted by Gasteiger charge is 2.09. The molecule has 0 aliphatic heterocycles. The molecule has 0 unspecified atom stereocenters. The summed E-state index contributed by atoms with van der Waals surface area (Å²) in [6, 6.07) is 7.98. The van der Waals surface area contributed by atoms with Gasteiger partial charge in [-0.05, 0) is 25.0 Å². The second kappa shape index (κ2) is 6.30. The molecule has 0 aliphatic carbocycles. The minimum absolute atomic E-state index is 0.789. The van der Waals surface area contributed by atoms with Gasteiger partial charge in [-0.3, -0.25) is 0 Å². The zero-order valence-electron chi connectivity index (χ0n) is 10.7. The molecule has 2 nitrogen and oxygen atoms in total. The van der Waals surface area contributed by atoms with Gasteiger partial charge < -0.3 is 4.57 Å². The fourth-order valence-corrected chi connectivity index (χ4v) is 2.81. The second-order valence-electron chi connectivity index (χ2n) is 4.21. The standard InChI is InChI=1S/C14H17ClN2S/c1-3-8-18-14-16-9-11(2)17(14)10-12-6-4-5-7-13(12)15/h4-7,9H,3,8,10H2,1-2H3. The molecule has 0 fully saturated rings. The van der Waals surface area contributed by atoms with Gasteiger partial charge in [-0.25, -0.2) is 4.98 Å². The molecule has 0 atom stereocenters. The van der Waals surface area contributed by atoms with Gasteiger partial charge in [0.2, 0.25) is 0 Å². The minimum Gasteiger partial charge on any atom is -0.319 e. The van der Waals surface area contributed by atoms with Gasteiger partial charge in [0.25, 0.3) is 0 Å². The molecule has 2 rings (SSSR count). The third-order valence-electron chi connectivity index (χ3n) is 2.74. The van der Waals surface area contributed by atoms with Crippen molar-refractivity contribution >= 4 is 23.4 Å². The molecular formula is C14H17ClN2S. The third kappa shape index (κ3) is 3.09. The SMILES string of the molecule is CCCSc1ncc(C)n1Cc1ccccc1Cl. The zero-order valence-corrected chi connectivity index (χ0v) is 12.3. The van der Waals surface area contributed by atoms with E-state index in [1.807, 2.05) is 24.4 Å². The van der Waals surface area contributed by atoms with E-state index in [9.17, 15) is 0 Å². The molecule has 0 saturated carbocycles. The van der Waals surface area contributed by atoms with E-state index < -0.39 is 0 Å². The van der Waals surface area contributed by atoms with Crippen LogP contribution in [0.3, 0.4) is 0 Å². The lowest BCUT2D eigenvalue weighted by Gasteiger charge is -2.10. The summed E-state index contributed by atoms with van der Waals surface area (Å²) in [6.07, 6.45) is 3.08. The first kappa shape index (κ1) is 13.5. The lowest BCUT2D eigenvalue weighted by Crippen LogP contribution is -2.04. The summed E-state index contributed by atoms with van der Waals surface area (Å²) >= 11 is 8.01. The number of rotatable bonds is 5. The van der Waals surface area contributed by atoms with Crippen molar-refractivity contribution in [3.05, 3.63) is 46.7 Å². The van der Waals surface area contributed by atoms with Crippen LogP contribution in [0, 0.1) is 6.92 Å². The van der Waals surface area contributed by atoms with Crippen LogP contribution in [0.5, 0.6) is 0 Å². The van der Waals surface area contributed by atoms with E-state index in [0.717, 1.165) is 34.5 Å². The Morgan fingerprint density at radius 1 is 1.33 bits per heavy atom. The first-order valence-electron chi connectivity index (χ1n) is 6.10. The maximum atomic E-state index is 6.21. The number of aryl methyl sites for hydroxylation is 1. The monoisotopic (exact) mass is 280 g/mol. The van der Waals surface area contributed by atoms with Crippen LogP contribution in [0.2, 0.25) is 5.02 Å². The predicted molar refractivity (Wildman–Crippen MR) is 78.5 cm³/mol. The molecule has 2 aromatic rings. The highest BCUT2D eigenvalue weighted by atomic mass is 35.5. The summed E-state index contributed by atoms with van der Waals surface area (Å²) in [6.45, 7) is 5.05. The van der Waals surface area contributed by atoms with E-state index in [4.69, 9.17) is 11.6 Å². The fraction of sp³-hybridized carbons (Fsp3) is 0.357. The number of imidazole rings is 1. The van der Waals surface area contributed by atoms with Crippen LogP contribution in [0.25, 0.3) is 0 Å². The van der Waals surface area contributed by atoms with E-state index in [0.29, 0.717) is 0 Å². The van der Waals surface area contributed by atoms with E-state index in [1.54, 1.807) is 11.8 Å². The lowest BCUT2D eigenvalue weighted by molar-refractivity contribution is 0.688. The van der Waals surface area contributed by atoms with E-state index in [1.165, 1.54) is 5.69 Å². The van der Waals surface area contributed by atoms with Crippen LogP contribution in [-0.2, 0) is 6.54 Å². The Labute approximate surface area is 117 Å². The Morgan fingerprint density at radius 2 is 2.11 bits per heavy atom. The van der Waals surface area contributed by atoms with Gasteiger partial charge in [0.15, 0.2) is 5.16 Å². The van der Waals surface area contributed by atoms with Crippen molar-refractivity contribution < 1.29 is 0 Å². The van der Waals surface area contributed by atoms with Gasteiger partial charge in [0, 0.05) is 22.7 Å². The Balaban J connectivity index is 2.23. The van der Waals surface area contributed by atoms with Crippen molar-refractivity contribution in [2.75, 3.05) is 5.75 Å². The van der Waals surface area contributed by atoms with Crippen LogP contribution in [0.4, 0.5) is 0 Å². The summed E-state index contributed by atoms with van der Waals surface area (Å²) in [5.41, 5.74) is 2.31. The van der Waals surface area contributed by atoms with Crippen molar-refractivity contribution in [1.82, 2.24) is 9.55 Å². The molecule has 0 spiro atoms. The number of hydrogen-bond donors (Lipinski definition) is 0. The topological polar surface area (TPSA) is 17.8 Å². The van der Waals surface area contributed by atoms with Crippen LogP contribution >= 0.6 is 23.4 Å². The molecule has 1 heterocycles. The molecule has 18 heavy (non-hydrogen) atoms. The molecule has 0 N–H and O–H groups in total. The Kier molecular flexibility index (Phi) is 4.72. The molecular weight excluding hydrogens is 264 g/mol. The molecule has 1 aromatic carbocycles. The number of benzene rings is 1. The average molecular weight is 281 g/mol. The number of hydrogen-bond acceptors (Lipinski definition) is 2. The van der Waals surface area contributed by atoms with Gasteiger partial charge in [-0.2, -0.15) is 0 Å². The Bertz CT molecular complexity index is 522. The molecule has 0 amide bonds. The molecule has 0 aliphatic rings. The van der Waals surface area contributed by atoms with Gasteiger partial charge in [-0.15, -0.1) is 0 Å². The number of halogens is 1. The second-order valence-corrected chi connectivity index (χ2v) is 5.68. The summed E-state index contributed by atoms with van der Waals surface area (Å²) in [4.78, 5) is 4.46. The smallest absolute Gasteiger partial charge is 0.168 e. The summed E-state index contributed by atoms with van der Waals surface area (Å²) in [7, 11) is 0. The highest BCUT2D eigenvalue weighted by molar-refractivity contribution is 7.99. The van der Waals surface area contributed by atoms with E-state index >= 15 is 0 Å². The first-order chi connectivity index (χ1) is 8.72. The van der Waals surface area contributed by atoms with Gasteiger partial charge in [0.05, 0.1) is 6.54 Å². The van der Waals surface area contributed by atoms with Crippen LogP contribution in [-0.4, -0.2) is 15.3 Å². The van der Waals surface area contributed by atoms with Crippen molar-refractivity contribution in [1.29, 1.82) is 0 Å². The highest BCUT2D eigenvalue weighted by Crippen LogP contribution is 2.23. The predicted octanol–water partition coefficient (Wildman–Crippen LogP) is 4.40. The normalized spacial score (nSPS) is 10.8. The largest absolute Gasteiger partial charge is 0.319 e. The zero-order chi connectivity index (χ0) is 13.0. The molecule has 4 heteroatoms. The van der Waals surface area contributed by atoms with Crippen LogP contribution in [0.1, 0.15) is 24.6 Å². The van der Waals surface area contributed by atoms with Crippen LogP contribution < -0.4 is 0 Å². The number of thioether (sulfide) groups is 1. The summed E-state index contributed by atoms with van der Waals surface area (Å²) in [5.74, 6) is 1.10. The number of nitrogens with zero attached hydrogens (tertiary/aromatic N) is 2. The molecule has 96 valence electrons. The molecule has 0 bridgehead atoms. The van der Waals surface area contributed by atoms with Gasteiger partial charge in [-0.1, -0.05) is 48.5 Å². The Morgan fingerprint density at radius 3 is 2.83 bits per heavy atom. The lowest BCUT2D eigenvalue weighted by atomic mass is 10.2. The molecule has 0 saturated heterocycles. The van der Waals surface area contributed by atoms with E-state index in [2.05, 4.69) is 29.5 Å². The Hall–Kier alpha value is -0.930. The first-order valence-corrected chi connectivity index (χ1v) is 7.47. The average Bonchev–Trinajstić information content (AvgIpc) is 2.71. The van der Waals surface area contributed by atoms with Gasteiger partial charge in [0.1, 0.15) is 0 Å². The third-order valence-corrected chi connectivity index (χ3v) is 4.31. The van der Waals surface area contributed by atoms with Gasteiger partial charge >= 0.3 is 0 Å². The summed E-state index contributed by atoms with van der Waals surface area (Å²) < 4.78 is 2.22. The fourth-order valence-electron chi connectivity index (χ4n) is 1.74. The molecule has 1 aromatic heterocycles. The van der Waals surface area contributed by atoms with Crippen molar-refractivity contribution in [2.24, 2.45) is 0 Å². The van der Waals surface area contributed by atoms with Crippen molar-refractivity contribution in [3.8, 4) is 0 Å². The molecule has 0 radical (unpaired) electrons. The van der Waals surface area contributed by atoms with Crippen molar-refractivity contribution in [2.45, 2.75) is 32.0 Å². The van der Waals surface area contributed by atoms with Crippen molar-refractivity contribution in [3.63, 3.8) is 0 Å². The maximum Gasteiger partial charge on any atom is 0.168 e. The van der Waals surface area contributed by atoms with E-state index in [-0.39, 0.29) is 0 Å².